The van der Waals surface area contributed by atoms with Gasteiger partial charge in [0, 0.05) is 138 Å². The van der Waals surface area contributed by atoms with Crippen molar-refractivity contribution in [1.82, 2.24) is 9.80 Å². The number of carbonyl (C=O) groups is 2. The van der Waals surface area contributed by atoms with Gasteiger partial charge in [-0.25, -0.2) is 17.3 Å². The van der Waals surface area contributed by atoms with Gasteiger partial charge < -0.3 is 58.7 Å². The van der Waals surface area contributed by atoms with Gasteiger partial charge in [0.05, 0.1) is 38.1 Å². The molecule has 7 atom stereocenters. The van der Waals surface area contributed by atoms with Crippen LogP contribution in [0.15, 0.2) is 109 Å². The van der Waals surface area contributed by atoms with Crippen LogP contribution in [0.1, 0.15) is 131 Å². The SMILES string of the molecule is CC(C)(C)O[C-]=O.CC(C)CN1CC2(C=O)CC3(CC(Cc4ccccc4)(C1)C2C)OCCO3.CC(C)CN1CC2(Cc3ccccc3)CC3(CC(C(O)Cc4ccccc4NC(=O)OC(C)(C)C)(C1)C2C)OCCO3.[CH2-]c1ccccc1[NH-].[Li+].[Li+].[U].[V]. The quantitative estimate of drug-likeness (QED) is 0.0738. The summed E-state index contributed by atoms with van der Waals surface area (Å²) < 4.78 is 35.2. The first-order chi connectivity index (χ1) is 39.6. The van der Waals surface area contributed by atoms with Gasteiger partial charge in [-0.3, -0.25) is 11.0 Å². The van der Waals surface area contributed by atoms with Crippen molar-refractivity contribution in [3.63, 3.8) is 0 Å². The van der Waals surface area contributed by atoms with Crippen LogP contribution < -0.4 is 43.0 Å². The van der Waals surface area contributed by atoms with Gasteiger partial charge in [-0.05, 0) is 112 Å². The molecule has 4 bridgehead atoms. The summed E-state index contributed by atoms with van der Waals surface area (Å²) in [5, 5.41) is 15.4. The molecule has 6 aliphatic rings. The zero-order chi connectivity index (χ0) is 61.2. The van der Waals surface area contributed by atoms with E-state index < -0.39 is 40.2 Å². The van der Waals surface area contributed by atoms with Crippen molar-refractivity contribution in [2.24, 2.45) is 45.3 Å². The van der Waals surface area contributed by atoms with Gasteiger partial charge in [-0.1, -0.05) is 133 Å². The van der Waals surface area contributed by atoms with Gasteiger partial charge in [0.25, 0.3) is 0 Å². The first-order valence-electron chi connectivity index (χ1n) is 30.6. The van der Waals surface area contributed by atoms with Crippen LogP contribution in [0.4, 0.5) is 16.2 Å². The van der Waals surface area contributed by atoms with Crippen LogP contribution in [0.2, 0.25) is 0 Å². The molecule has 1 amide bonds. The van der Waals surface area contributed by atoms with E-state index in [0.717, 1.165) is 76.1 Å². The molecule has 1 radical (unpaired) electrons. The van der Waals surface area contributed by atoms with Gasteiger partial charge in [0.15, 0.2) is 11.6 Å². The third kappa shape index (κ3) is 20.8. The summed E-state index contributed by atoms with van der Waals surface area (Å²) in [5.74, 6) is 0.350. The second kappa shape index (κ2) is 34.1. The number of aliphatic hydroxyl groups excluding tert-OH is 1. The minimum absolute atomic E-state index is 0. The molecule has 18 heteroatoms. The van der Waals surface area contributed by atoms with Crippen molar-refractivity contribution in [2.75, 3.05) is 71.0 Å². The number of likely N-dealkylation sites (tertiary alicyclic amines) is 2. The van der Waals surface area contributed by atoms with E-state index in [0.29, 0.717) is 74.8 Å². The topological polar surface area (TPSA) is 169 Å². The Balaban J connectivity index is 0.000000375. The van der Waals surface area contributed by atoms with E-state index in [4.69, 9.17) is 29.4 Å². The number of amides is 1. The summed E-state index contributed by atoms with van der Waals surface area (Å²) in [6, 6.07) is 36.4. The second-order valence-corrected chi connectivity index (χ2v) is 28.1. The van der Waals surface area contributed by atoms with Crippen LogP contribution >= 0.6 is 0 Å². The molecule has 7 unspecified atom stereocenters. The summed E-state index contributed by atoms with van der Waals surface area (Å²) in [7, 11) is 0. The minimum Gasteiger partial charge on any atom is -0.756 e. The largest absolute Gasteiger partial charge is 1.00 e. The average molecular weight is 1460 g/mol. The van der Waals surface area contributed by atoms with Crippen molar-refractivity contribution in [3.8, 4) is 0 Å². The Kier molecular flexibility index (Phi) is 30.9. The Bertz CT molecular complexity index is 2740. The first-order valence-corrected chi connectivity index (χ1v) is 30.6. The molecule has 0 aromatic heterocycles. The maximum Gasteiger partial charge on any atom is 1.00 e. The molecule has 88 heavy (non-hydrogen) atoms. The molecule has 10 rings (SSSR count). The van der Waals surface area contributed by atoms with Crippen LogP contribution in [0.5, 0.6) is 0 Å². The fourth-order valence-electron chi connectivity index (χ4n) is 14.9. The van der Waals surface area contributed by atoms with Gasteiger partial charge in [-0.2, -0.15) is 6.07 Å². The average Bonchev–Trinajstić information content (AvgIpc) is 1.43. The van der Waals surface area contributed by atoms with E-state index in [1.54, 1.807) is 26.8 Å². The number of hydrogen-bond acceptors (Lipinski definition) is 12. The Morgan fingerprint density at radius 2 is 1.15 bits per heavy atom. The number of fused-ring (bicyclic) bond motifs is 4. The van der Waals surface area contributed by atoms with E-state index in [9.17, 15) is 19.5 Å². The molecular formula is C70H99Li2N4O10UV-. The van der Waals surface area contributed by atoms with Crippen LogP contribution in [0.25, 0.3) is 5.73 Å². The smallest absolute Gasteiger partial charge is 0.756 e. The summed E-state index contributed by atoms with van der Waals surface area (Å²) in [4.78, 5) is 39.8. The first kappa shape index (κ1) is 79.7. The predicted octanol–water partition coefficient (Wildman–Crippen LogP) is 7.27. The summed E-state index contributed by atoms with van der Waals surface area (Å²) >= 11 is 0. The number of rotatable bonds is 14. The van der Waals surface area contributed by atoms with Crippen LogP contribution in [-0.2, 0) is 75.8 Å². The van der Waals surface area contributed by atoms with E-state index in [1.165, 1.54) is 23.9 Å². The van der Waals surface area contributed by atoms with Crippen molar-refractivity contribution in [1.29, 1.82) is 0 Å². The molecule has 4 aromatic carbocycles. The Labute approximate surface area is 587 Å². The number of nitrogens with one attached hydrogen (secondary N) is 2. The van der Waals surface area contributed by atoms with E-state index >= 15 is 0 Å². The van der Waals surface area contributed by atoms with E-state index in [1.807, 2.05) is 63.2 Å². The van der Waals surface area contributed by atoms with Crippen molar-refractivity contribution >= 4 is 30.2 Å². The van der Waals surface area contributed by atoms with Crippen LogP contribution in [0.3, 0.4) is 0 Å². The summed E-state index contributed by atoms with van der Waals surface area (Å²) in [6.07, 6.45) is 5.37. The number of carbonyl (C=O) groups excluding carboxylic acids is 3. The Hall–Kier alpha value is -2.49. The van der Waals surface area contributed by atoms with Gasteiger partial charge in [0.1, 0.15) is 11.9 Å². The number of aliphatic hydroxyl groups is 1. The Morgan fingerprint density at radius 1 is 0.693 bits per heavy atom. The van der Waals surface area contributed by atoms with Gasteiger partial charge in [0.2, 0.25) is 0 Å². The molecule has 14 nitrogen and oxygen atoms in total. The molecule has 2 saturated carbocycles. The van der Waals surface area contributed by atoms with Crippen LogP contribution in [0, 0.1) is 83.4 Å². The molecule has 3 N–H and O–H groups in total. The normalized spacial score (nSPS) is 26.0. The number of benzene rings is 4. The Morgan fingerprint density at radius 3 is 1.58 bits per heavy atom. The number of anilines is 1. The third-order valence-corrected chi connectivity index (χ3v) is 18.1. The number of hydrogen-bond donors (Lipinski definition) is 2. The van der Waals surface area contributed by atoms with Crippen molar-refractivity contribution < 1.29 is 135 Å². The predicted molar refractivity (Wildman–Crippen MR) is 332 cm³/mol. The zero-order valence-electron chi connectivity index (χ0n) is 55.5. The molecule has 6 fully saturated rings. The fraction of sp³-hybridized carbons (Fsp3) is 0.600. The van der Waals surface area contributed by atoms with E-state index in [2.05, 4.69) is 129 Å². The zero-order valence-corrected chi connectivity index (χ0v) is 61.1. The maximum absolute atomic E-state index is 12.7. The summed E-state index contributed by atoms with van der Waals surface area (Å²) in [5.41, 5.74) is 10.7. The molecule has 2 spiro atoms. The van der Waals surface area contributed by atoms with E-state index in [-0.39, 0.29) is 110 Å². The number of aldehydes is 1. The summed E-state index contributed by atoms with van der Waals surface area (Å²) in [6.45, 7) is 37.6. The van der Waals surface area contributed by atoms with Crippen molar-refractivity contribution in [3.05, 3.63) is 144 Å². The number of nitrogens with zero attached hydrogens (tertiary/aromatic N) is 2. The molecule has 4 aromatic rings. The molecule has 4 aliphatic heterocycles. The van der Waals surface area contributed by atoms with Gasteiger partial charge in [-0.15, -0.1) is 12.1 Å². The molecule has 2 aliphatic carbocycles. The molecule has 471 valence electrons. The van der Waals surface area contributed by atoms with Gasteiger partial charge >= 0.3 is 43.8 Å². The number of piperidine rings is 2. The molecular weight excluding hydrogens is 1360 g/mol. The maximum atomic E-state index is 12.7. The molecule has 4 saturated heterocycles. The van der Waals surface area contributed by atoms with Crippen LogP contribution in [-0.4, -0.2) is 128 Å². The molecule has 4 heterocycles. The number of para-hydroxylation sites is 1. The second-order valence-electron chi connectivity index (χ2n) is 28.1. The number of ether oxygens (including phenoxy) is 6. The monoisotopic (exact) mass is 1460 g/mol. The van der Waals surface area contributed by atoms with Crippen molar-refractivity contribution in [2.45, 2.75) is 157 Å². The third-order valence-electron chi connectivity index (χ3n) is 18.1. The standard InChI is InChI=1S/C35H50N2O5.C23H33NO3.C7H7N.C5H9O2.2Li.U.V/c1-25(2)20-37-23-33(19-27-12-8-7-9-13-27)21-35(40-16-17-41-35)22-34(24-37,26(33)3)30(38)18-28-14-10-11-15-29(28)36-31(39)42-32(4,5)6;1-18(2)12-24-15-21(11-20-7-5-4-6-8-20)13-23(26-9-10-27-23)14-22(16-24,17-25)19(21)3;1-6-4-2-3-5-7(6)8;1-5(2,3)7-4-6;;;;/h7-15,25-26,30,38H,16-24H2,1-6H3,(H,36,39);4-8,17-19H,9-16H2,1-3H3;2-5,8H,1H2;1-3H3;;;;/q;;-2;-1;2*+1;;. The minimum atomic E-state index is -0.694. The fourth-order valence-corrected chi connectivity index (χ4v) is 14.9.